The SMILES string of the molecule is Cc1ccc(N(c2ccc(-c3cc(C)c(-c4ccc(N(c5ccc(C)cc5)c5ccc6ccccc6c5)cc4)cc3C)cc2)c2ccc3ccccc3c2)cc1. The van der Waals surface area contributed by atoms with Crippen LogP contribution in [0.3, 0.4) is 0 Å². The predicted octanol–water partition coefficient (Wildman–Crippen LogP) is 15.5. The van der Waals surface area contributed by atoms with Gasteiger partial charge in [0.15, 0.2) is 0 Å². The summed E-state index contributed by atoms with van der Waals surface area (Å²) < 4.78 is 0. The molecular formula is C54H44N2. The fourth-order valence-corrected chi connectivity index (χ4v) is 7.93. The molecule has 0 aliphatic rings. The van der Waals surface area contributed by atoms with Gasteiger partial charge >= 0.3 is 0 Å². The van der Waals surface area contributed by atoms with Crippen molar-refractivity contribution in [3.8, 4) is 22.3 Å². The van der Waals surface area contributed by atoms with Gasteiger partial charge in [-0.3, -0.25) is 0 Å². The molecule has 270 valence electrons. The number of hydrogen-bond acceptors (Lipinski definition) is 2. The summed E-state index contributed by atoms with van der Waals surface area (Å²) in [4.78, 5) is 4.70. The maximum atomic E-state index is 2.35. The fourth-order valence-electron chi connectivity index (χ4n) is 7.93. The third kappa shape index (κ3) is 6.83. The Balaban J connectivity index is 1.02. The normalized spacial score (nSPS) is 11.2. The molecule has 0 heterocycles. The molecule has 2 nitrogen and oxygen atoms in total. The fraction of sp³-hybridized carbons (Fsp3) is 0.0741. The quantitative estimate of drug-likeness (QED) is 0.154. The summed E-state index contributed by atoms with van der Waals surface area (Å²) in [5, 5.41) is 4.94. The van der Waals surface area contributed by atoms with Crippen molar-refractivity contribution in [3.63, 3.8) is 0 Å². The number of benzene rings is 9. The lowest BCUT2D eigenvalue weighted by Gasteiger charge is -2.26. The van der Waals surface area contributed by atoms with Crippen LogP contribution in [0.2, 0.25) is 0 Å². The van der Waals surface area contributed by atoms with Crippen LogP contribution >= 0.6 is 0 Å². The van der Waals surface area contributed by atoms with Gasteiger partial charge < -0.3 is 9.80 Å². The highest BCUT2D eigenvalue weighted by Crippen LogP contribution is 2.40. The Morgan fingerprint density at radius 2 is 0.571 bits per heavy atom. The lowest BCUT2D eigenvalue weighted by Crippen LogP contribution is -2.10. The van der Waals surface area contributed by atoms with Crippen LogP contribution < -0.4 is 9.80 Å². The third-order valence-corrected chi connectivity index (χ3v) is 11.0. The highest BCUT2D eigenvalue weighted by Gasteiger charge is 2.17. The predicted molar refractivity (Wildman–Crippen MR) is 241 cm³/mol. The molecule has 0 aliphatic carbocycles. The van der Waals surface area contributed by atoms with Gasteiger partial charge in [-0.05, 0) is 155 Å². The molecule has 0 aromatic heterocycles. The Morgan fingerprint density at radius 1 is 0.268 bits per heavy atom. The van der Waals surface area contributed by atoms with Gasteiger partial charge in [0.25, 0.3) is 0 Å². The first kappa shape index (κ1) is 34.8. The molecule has 0 N–H and O–H groups in total. The van der Waals surface area contributed by atoms with Gasteiger partial charge in [0.1, 0.15) is 0 Å². The van der Waals surface area contributed by atoms with Crippen molar-refractivity contribution in [1.29, 1.82) is 0 Å². The number of rotatable bonds is 8. The number of anilines is 6. The van der Waals surface area contributed by atoms with E-state index < -0.39 is 0 Å². The molecular weight excluding hydrogens is 677 g/mol. The molecule has 0 radical (unpaired) electrons. The Morgan fingerprint density at radius 3 is 0.929 bits per heavy atom. The van der Waals surface area contributed by atoms with E-state index in [4.69, 9.17) is 0 Å². The molecule has 0 saturated heterocycles. The summed E-state index contributed by atoms with van der Waals surface area (Å²) in [5.74, 6) is 0. The molecule has 0 bridgehead atoms. The van der Waals surface area contributed by atoms with Gasteiger partial charge in [-0.2, -0.15) is 0 Å². The average molecular weight is 721 g/mol. The molecule has 9 aromatic rings. The van der Waals surface area contributed by atoms with Gasteiger partial charge in [-0.15, -0.1) is 0 Å². The minimum Gasteiger partial charge on any atom is -0.310 e. The van der Waals surface area contributed by atoms with Crippen LogP contribution in [0.4, 0.5) is 34.1 Å². The maximum Gasteiger partial charge on any atom is 0.0468 e. The molecule has 0 fully saturated rings. The van der Waals surface area contributed by atoms with E-state index in [1.807, 2.05) is 0 Å². The molecule has 9 rings (SSSR count). The summed E-state index contributed by atoms with van der Waals surface area (Å²) in [6, 6.07) is 70.9. The summed E-state index contributed by atoms with van der Waals surface area (Å²) in [6.07, 6.45) is 0. The first-order valence-electron chi connectivity index (χ1n) is 19.4. The van der Waals surface area contributed by atoms with Crippen molar-refractivity contribution in [3.05, 3.63) is 216 Å². The molecule has 2 heteroatoms. The minimum atomic E-state index is 1.13. The van der Waals surface area contributed by atoms with Crippen molar-refractivity contribution in [1.82, 2.24) is 0 Å². The van der Waals surface area contributed by atoms with Gasteiger partial charge in [0.05, 0.1) is 0 Å². The van der Waals surface area contributed by atoms with Crippen LogP contribution in [0.15, 0.2) is 194 Å². The van der Waals surface area contributed by atoms with E-state index in [2.05, 4.69) is 232 Å². The Kier molecular flexibility index (Phi) is 9.17. The average Bonchev–Trinajstić information content (AvgIpc) is 3.23. The molecule has 9 aromatic carbocycles. The van der Waals surface area contributed by atoms with E-state index in [0.29, 0.717) is 0 Å². The van der Waals surface area contributed by atoms with Gasteiger partial charge in [-0.25, -0.2) is 0 Å². The van der Waals surface area contributed by atoms with E-state index in [1.165, 1.54) is 66.1 Å². The number of hydrogen-bond donors (Lipinski definition) is 0. The number of nitrogens with zero attached hydrogens (tertiary/aromatic N) is 2. The summed E-state index contributed by atoms with van der Waals surface area (Å²) in [6.45, 7) is 8.73. The van der Waals surface area contributed by atoms with Crippen molar-refractivity contribution in [2.24, 2.45) is 0 Å². The minimum absolute atomic E-state index is 1.13. The van der Waals surface area contributed by atoms with Gasteiger partial charge in [0.2, 0.25) is 0 Å². The second kappa shape index (κ2) is 14.7. The zero-order valence-corrected chi connectivity index (χ0v) is 32.4. The van der Waals surface area contributed by atoms with Gasteiger partial charge in [-0.1, -0.05) is 132 Å². The lowest BCUT2D eigenvalue weighted by molar-refractivity contribution is 1.28. The van der Waals surface area contributed by atoms with Crippen molar-refractivity contribution in [2.45, 2.75) is 27.7 Å². The molecule has 0 aliphatic heterocycles. The molecule has 56 heavy (non-hydrogen) atoms. The third-order valence-electron chi connectivity index (χ3n) is 11.0. The van der Waals surface area contributed by atoms with Crippen molar-refractivity contribution in [2.75, 3.05) is 9.80 Å². The maximum absolute atomic E-state index is 2.35. The lowest BCUT2D eigenvalue weighted by atomic mass is 9.91. The van der Waals surface area contributed by atoms with Gasteiger partial charge in [0, 0.05) is 34.1 Å². The Bertz CT molecular complexity index is 2620. The zero-order chi connectivity index (χ0) is 38.2. The van der Waals surface area contributed by atoms with Crippen LogP contribution in [0, 0.1) is 27.7 Å². The number of fused-ring (bicyclic) bond motifs is 2. The summed E-state index contributed by atoms with van der Waals surface area (Å²) in [5.41, 5.74) is 16.7. The van der Waals surface area contributed by atoms with Crippen LogP contribution in [-0.2, 0) is 0 Å². The van der Waals surface area contributed by atoms with Crippen LogP contribution in [0.1, 0.15) is 22.3 Å². The zero-order valence-electron chi connectivity index (χ0n) is 32.4. The monoisotopic (exact) mass is 720 g/mol. The highest BCUT2D eigenvalue weighted by molar-refractivity contribution is 5.91. The molecule has 0 amide bonds. The number of aryl methyl sites for hydroxylation is 4. The highest BCUT2D eigenvalue weighted by atomic mass is 15.1. The molecule has 0 saturated carbocycles. The molecule has 0 spiro atoms. The molecule has 0 unspecified atom stereocenters. The standard InChI is InChI=1S/C54H44N2/c1-37-13-23-47(24-14-37)55(51-31-17-41-9-5-7-11-45(41)35-51)49-27-19-43(20-28-49)53-33-40(4)54(34-39(53)3)44-21-29-50(30-22-44)56(48-25-15-38(2)16-26-48)52-32-18-42-10-6-8-12-46(42)36-52/h5-36H,1-4H3. The van der Waals surface area contributed by atoms with Crippen LogP contribution in [-0.4, -0.2) is 0 Å². The van der Waals surface area contributed by atoms with E-state index in [9.17, 15) is 0 Å². The smallest absolute Gasteiger partial charge is 0.0468 e. The topological polar surface area (TPSA) is 6.48 Å². The first-order chi connectivity index (χ1) is 27.4. The second-order valence-electron chi connectivity index (χ2n) is 15.0. The van der Waals surface area contributed by atoms with E-state index in [0.717, 1.165) is 34.1 Å². The Hall–Kier alpha value is -6.90. The van der Waals surface area contributed by atoms with Crippen LogP contribution in [0.25, 0.3) is 43.8 Å². The molecule has 0 atom stereocenters. The van der Waals surface area contributed by atoms with Crippen LogP contribution in [0.5, 0.6) is 0 Å². The van der Waals surface area contributed by atoms with Crippen molar-refractivity contribution < 1.29 is 0 Å². The Labute approximate surface area is 330 Å². The second-order valence-corrected chi connectivity index (χ2v) is 15.0. The summed E-state index contributed by atoms with van der Waals surface area (Å²) >= 11 is 0. The van der Waals surface area contributed by atoms with E-state index in [-0.39, 0.29) is 0 Å². The van der Waals surface area contributed by atoms with E-state index in [1.54, 1.807) is 0 Å². The van der Waals surface area contributed by atoms with Crippen molar-refractivity contribution >= 4 is 55.7 Å². The first-order valence-corrected chi connectivity index (χ1v) is 19.4. The largest absolute Gasteiger partial charge is 0.310 e. The van der Waals surface area contributed by atoms with E-state index >= 15 is 0 Å². The summed E-state index contributed by atoms with van der Waals surface area (Å²) in [7, 11) is 0.